The van der Waals surface area contributed by atoms with Crippen LogP contribution in [0.25, 0.3) is 0 Å². The molecule has 1 unspecified atom stereocenters. The van der Waals surface area contributed by atoms with Crippen molar-refractivity contribution in [2.24, 2.45) is 5.73 Å². The van der Waals surface area contributed by atoms with Gasteiger partial charge in [-0.3, -0.25) is 0 Å². The summed E-state index contributed by atoms with van der Waals surface area (Å²) in [6.45, 7) is 2.24. The molecule has 0 spiro atoms. The lowest BCUT2D eigenvalue weighted by molar-refractivity contribution is 0.567. The number of nitrogens with two attached hydrogens (primary N) is 1. The fourth-order valence-electron chi connectivity index (χ4n) is 1.83. The Hall–Kier alpha value is -0.180. The van der Waals surface area contributed by atoms with Crippen LogP contribution in [0.1, 0.15) is 45.4 Å². The fraction of sp³-hybridized carbons (Fsp3) is 0.600. The molecule has 1 nitrogen and oxygen atoms in total. The van der Waals surface area contributed by atoms with Gasteiger partial charge in [0.2, 0.25) is 0 Å². The predicted octanol–water partition coefficient (Wildman–Crippen LogP) is 5.12. The molecule has 0 aliphatic rings. The standard InChI is InChI=1S/C15H24ClNS/c1-2-3-4-5-6-7-14(17)12-18-15-10-8-13(16)9-11-15/h8-11,14H,2-7,12,17H2,1H3. The van der Waals surface area contributed by atoms with Gasteiger partial charge in [-0.1, -0.05) is 50.6 Å². The SMILES string of the molecule is CCCCCCCC(N)CSc1ccc(Cl)cc1. The topological polar surface area (TPSA) is 26.0 Å². The summed E-state index contributed by atoms with van der Waals surface area (Å²) < 4.78 is 0. The molecular formula is C15H24ClNS. The molecule has 0 amide bonds. The van der Waals surface area contributed by atoms with E-state index < -0.39 is 0 Å². The van der Waals surface area contributed by atoms with Crippen molar-refractivity contribution in [3.05, 3.63) is 29.3 Å². The van der Waals surface area contributed by atoms with Gasteiger partial charge in [0.1, 0.15) is 0 Å². The molecule has 0 heterocycles. The number of halogens is 1. The van der Waals surface area contributed by atoms with E-state index in [0.29, 0.717) is 6.04 Å². The van der Waals surface area contributed by atoms with Crippen molar-refractivity contribution in [3.63, 3.8) is 0 Å². The number of rotatable bonds is 9. The second-order valence-electron chi connectivity index (χ2n) is 4.73. The summed E-state index contributed by atoms with van der Waals surface area (Å²) in [5.74, 6) is 0.995. The highest BCUT2D eigenvalue weighted by molar-refractivity contribution is 7.99. The molecule has 2 N–H and O–H groups in total. The van der Waals surface area contributed by atoms with Crippen LogP contribution in [0.15, 0.2) is 29.2 Å². The summed E-state index contributed by atoms with van der Waals surface area (Å²) in [5, 5.41) is 0.791. The molecular weight excluding hydrogens is 262 g/mol. The minimum absolute atomic E-state index is 0.312. The molecule has 0 bridgehead atoms. The molecule has 0 aliphatic carbocycles. The summed E-state index contributed by atoms with van der Waals surface area (Å²) in [5.41, 5.74) is 6.12. The average molecular weight is 286 g/mol. The zero-order chi connectivity index (χ0) is 13.2. The summed E-state index contributed by atoms with van der Waals surface area (Å²) in [7, 11) is 0. The van der Waals surface area contributed by atoms with Crippen molar-refractivity contribution < 1.29 is 0 Å². The van der Waals surface area contributed by atoms with Crippen LogP contribution in [0, 0.1) is 0 Å². The highest BCUT2D eigenvalue weighted by atomic mass is 35.5. The normalized spacial score (nSPS) is 12.6. The second-order valence-corrected chi connectivity index (χ2v) is 6.26. The number of thioether (sulfide) groups is 1. The Morgan fingerprint density at radius 2 is 1.78 bits per heavy atom. The van der Waals surface area contributed by atoms with Crippen LogP contribution in [0.3, 0.4) is 0 Å². The monoisotopic (exact) mass is 285 g/mol. The van der Waals surface area contributed by atoms with E-state index in [2.05, 4.69) is 19.1 Å². The summed E-state index contributed by atoms with van der Waals surface area (Å²) >= 11 is 7.67. The third-order valence-electron chi connectivity index (χ3n) is 2.96. The van der Waals surface area contributed by atoms with Gasteiger partial charge in [-0.05, 0) is 30.7 Å². The van der Waals surface area contributed by atoms with Gasteiger partial charge in [-0.25, -0.2) is 0 Å². The molecule has 18 heavy (non-hydrogen) atoms. The predicted molar refractivity (Wildman–Crippen MR) is 83.5 cm³/mol. The van der Waals surface area contributed by atoms with Crippen molar-refractivity contribution in [3.8, 4) is 0 Å². The third kappa shape index (κ3) is 7.30. The van der Waals surface area contributed by atoms with Gasteiger partial charge in [-0.15, -0.1) is 11.8 Å². The summed E-state index contributed by atoms with van der Waals surface area (Å²) in [6.07, 6.45) is 7.75. The third-order valence-corrected chi connectivity index (χ3v) is 4.41. The van der Waals surface area contributed by atoms with Crippen molar-refractivity contribution in [1.82, 2.24) is 0 Å². The van der Waals surface area contributed by atoms with Crippen LogP contribution in [0.4, 0.5) is 0 Å². The van der Waals surface area contributed by atoms with Crippen LogP contribution < -0.4 is 5.73 Å². The highest BCUT2D eigenvalue weighted by Crippen LogP contribution is 2.21. The average Bonchev–Trinajstić information content (AvgIpc) is 2.38. The molecule has 0 fully saturated rings. The number of unbranched alkanes of at least 4 members (excludes halogenated alkanes) is 4. The Bertz CT molecular complexity index is 313. The molecule has 0 aromatic heterocycles. The van der Waals surface area contributed by atoms with Crippen LogP contribution in [-0.2, 0) is 0 Å². The smallest absolute Gasteiger partial charge is 0.0406 e. The Morgan fingerprint density at radius 3 is 2.44 bits per heavy atom. The quantitative estimate of drug-likeness (QED) is 0.503. The van der Waals surface area contributed by atoms with Crippen LogP contribution in [0.5, 0.6) is 0 Å². The zero-order valence-corrected chi connectivity index (χ0v) is 12.8. The lowest BCUT2D eigenvalue weighted by Crippen LogP contribution is -2.22. The molecule has 102 valence electrons. The Balaban J connectivity index is 2.09. The molecule has 0 saturated heterocycles. The minimum Gasteiger partial charge on any atom is -0.327 e. The van der Waals surface area contributed by atoms with Crippen LogP contribution in [0.2, 0.25) is 5.02 Å². The molecule has 0 aliphatic heterocycles. The number of hydrogen-bond acceptors (Lipinski definition) is 2. The van der Waals surface area contributed by atoms with Gasteiger partial charge in [-0.2, -0.15) is 0 Å². The van der Waals surface area contributed by atoms with E-state index in [-0.39, 0.29) is 0 Å². The molecule has 0 radical (unpaired) electrons. The molecule has 0 saturated carbocycles. The second kappa shape index (κ2) is 9.71. The van der Waals surface area contributed by atoms with E-state index in [1.165, 1.54) is 37.0 Å². The maximum atomic E-state index is 6.12. The molecule has 3 heteroatoms. The van der Waals surface area contributed by atoms with E-state index in [1.807, 2.05) is 23.9 Å². The van der Waals surface area contributed by atoms with E-state index in [4.69, 9.17) is 17.3 Å². The Labute approximate surface area is 120 Å². The summed E-state index contributed by atoms with van der Waals surface area (Å²) in [4.78, 5) is 1.25. The number of hydrogen-bond donors (Lipinski definition) is 1. The van der Waals surface area contributed by atoms with Crippen molar-refractivity contribution in [2.45, 2.75) is 56.4 Å². The fourth-order valence-corrected chi connectivity index (χ4v) is 2.86. The molecule has 1 atom stereocenters. The molecule has 1 aromatic rings. The maximum Gasteiger partial charge on any atom is 0.0406 e. The first-order valence-electron chi connectivity index (χ1n) is 6.86. The van der Waals surface area contributed by atoms with Crippen LogP contribution in [-0.4, -0.2) is 11.8 Å². The van der Waals surface area contributed by atoms with Crippen molar-refractivity contribution >= 4 is 23.4 Å². The zero-order valence-electron chi connectivity index (χ0n) is 11.2. The van der Waals surface area contributed by atoms with E-state index in [0.717, 1.165) is 17.2 Å². The van der Waals surface area contributed by atoms with Crippen molar-refractivity contribution in [1.29, 1.82) is 0 Å². The van der Waals surface area contributed by atoms with Crippen LogP contribution >= 0.6 is 23.4 Å². The lowest BCUT2D eigenvalue weighted by Gasteiger charge is -2.11. The largest absolute Gasteiger partial charge is 0.327 e. The van der Waals surface area contributed by atoms with Gasteiger partial charge >= 0.3 is 0 Å². The van der Waals surface area contributed by atoms with Gasteiger partial charge in [0.25, 0.3) is 0 Å². The Kier molecular flexibility index (Phi) is 8.57. The van der Waals surface area contributed by atoms with Gasteiger partial charge in [0.15, 0.2) is 0 Å². The highest BCUT2D eigenvalue weighted by Gasteiger charge is 2.03. The first-order chi connectivity index (χ1) is 8.72. The van der Waals surface area contributed by atoms with Gasteiger partial charge in [0.05, 0.1) is 0 Å². The Morgan fingerprint density at radius 1 is 1.11 bits per heavy atom. The van der Waals surface area contributed by atoms with E-state index in [9.17, 15) is 0 Å². The van der Waals surface area contributed by atoms with Gasteiger partial charge in [0, 0.05) is 21.7 Å². The minimum atomic E-state index is 0.312. The first kappa shape index (κ1) is 15.9. The molecule has 1 aromatic carbocycles. The first-order valence-corrected chi connectivity index (χ1v) is 8.22. The van der Waals surface area contributed by atoms with E-state index in [1.54, 1.807) is 0 Å². The maximum absolute atomic E-state index is 6.12. The summed E-state index contributed by atoms with van der Waals surface area (Å²) in [6, 6.07) is 8.29. The molecule has 1 rings (SSSR count). The van der Waals surface area contributed by atoms with E-state index >= 15 is 0 Å². The van der Waals surface area contributed by atoms with Gasteiger partial charge < -0.3 is 5.73 Å². The lowest BCUT2D eigenvalue weighted by atomic mass is 10.1. The number of benzene rings is 1. The van der Waals surface area contributed by atoms with Crippen molar-refractivity contribution in [2.75, 3.05) is 5.75 Å².